The van der Waals surface area contributed by atoms with Gasteiger partial charge in [0.1, 0.15) is 5.41 Å². The number of hydrogen-bond donors (Lipinski definition) is 1. The molecule has 1 aliphatic carbocycles. The first kappa shape index (κ1) is 15.3. The van der Waals surface area contributed by atoms with Crippen LogP contribution in [0.2, 0.25) is 0 Å². The first-order chi connectivity index (χ1) is 9.36. The minimum absolute atomic E-state index is 0.0282. The number of hydrogen-bond acceptors (Lipinski definition) is 4. The number of nitrogens with zero attached hydrogens (tertiary/aromatic N) is 3. The zero-order chi connectivity index (χ0) is 14.8. The smallest absolute Gasteiger partial charge is 0.243 e. The molecule has 0 radical (unpaired) electrons. The molecule has 2 fully saturated rings. The van der Waals surface area contributed by atoms with E-state index in [0.29, 0.717) is 32.5 Å². The van der Waals surface area contributed by atoms with Gasteiger partial charge in [0.15, 0.2) is 0 Å². The summed E-state index contributed by atoms with van der Waals surface area (Å²) in [7, 11) is 0. The van der Waals surface area contributed by atoms with Crippen LogP contribution in [0.25, 0.3) is 0 Å². The summed E-state index contributed by atoms with van der Waals surface area (Å²) >= 11 is 0. The summed E-state index contributed by atoms with van der Waals surface area (Å²) in [5.41, 5.74) is -1.45. The quantitative estimate of drug-likeness (QED) is 0.836. The largest absolute Gasteiger partial charge is 0.389 e. The number of β-amino-alcohol motifs (C(OH)–C–C–N with tert-alkyl or cyclic N) is 1. The van der Waals surface area contributed by atoms with E-state index in [1.807, 2.05) is 4.90 Å². The Morgan fingerprint density at radius 3 is 2.25 bits per heavy atom. The summed E-state index contributed by atoms with van der Waals surface area (Å²) < 4.78 is 0. The van der Waals surface area contributed by atoms with Gasteiger partial charge < -0.3 is 10.0 Å². The Balaban J connectivity index is 1.91. The van der Waals surface area contributed by atoms with Gasteiger partial charge in [-0.05, 0) is 26.7 Å². The van der Waals surface area contributed by atoms with E-state index in [1.165, 1.54) is 0 Å². The Morgan fingerprint density at radius 1 is 1.25 bits per heavy atom. The Bertz CT molecular complexity index is 394. The lowest BCUT2D eigenvalue weighted by Gasteiger charge is -2.39. The van der Waals surface area contributed by atoms with Gasteiger partial charge >= 0.3 is 0 Å². The van der Waals surface area contributed by atoms with Crippen molar-refractivity contribution in [3.05, 3.63) is 0 Å². The number of piperazine rings is 1. The molecule has 1 saturated heterocycles. The molecule has 0 spiro atoms. The van der Waals surface area contributed by atoms with Gasteiger partial charge in [-0.3, -0.25) is 9.69 Å². The second kappa shape index (κ2) is 5.71. The fourth-order valence-electron chi connectivity index (χ4n) is 3.31. The van der Waals surface area contributed by atoms with Crippen LogP contribution in [0.4, 0.5) is 0 Å². The highest BCUT2D eigenvalue weighted by Gasteiger charge is 2.44. The standard InChI is InChI=1S/C15H25N3O2/c1-14(2,20)12-17-7-9-18(10-8-17)13(19)15(11-16)5-3-4-6-15/h20H,3-10,12H2,1-2H3. The Kier molecular flexibility index (Phi) is 4.36. The molecule has 1 heterocycles. The van der Waals surface area contributed by atoms with Gasteiger partial charge in [0, 0.05) is 32.7 Å². The molecule has 1 amide bonds. The molecule has 2 aliphatic rings. The van der Waals surface area contributed by atoms with Crippen molar-refractivity contribution in [1.82, 2.24) is 9.80 Å². The molecule has 5 heteroatoms. The maximum absolute atomic E-state index is 12.6. The number of nitriles is 1. The van der Waals surface area contributed by atoms with Gasteiger partial charge in [-0.2, -0.15) is 5.26 Å². The predicted molar refractivity (Wildman–Crippen MR) is 75.8 cm³/mol. The summed E-state index contributed by atoms with van der Waals surface area (Å²) in [4.78, 5) is 16.6. The minimum Gasteiger partial charge on any atom is -0.389 e. The molecule has 2 rings (SSSR count). The van der Waals surface area contributed by atoms with E-state index in [9.17, 15) is 15.2 Å². The summed E-state index contributed by atoms with van der Waals surface area (Å²) in [5.74, 6) is 0.0282. The molecule has 0 unspecified atom stereocenters. The highest BCUT2D eigenvalue weighted by Crippen LogP contribution is 2.39. The van der Waals surface area contributed by atoms with Crippen LogP contribution >= 0.6 is 0 Å². The number of aliphatic hydroxyl groups is 1. The van der Waals surface area contributed by atoms with Crippen LogP contribution in [-0.2, 0) is 4.79 Å². The third-order valence-corrected chi connectivity index (χ3v) is 4.35. The summed E-state index contributed by atoms with van der Waals surface area (Å²) in [6, 6.07) is 2.28. The van der Waals surface area contributed by atoms with Gasteiger partial charge in [0.25, 0.3) is 0 Å². The van der Waals surface area contributed by atoms with Gasteiger partial charge in [-0.25, -0.2) is 0 Å². The zero-order valence-corrected chi connectivity index (χ0v) is 12.6. The van der Waals surface area contributed by atoms with Crippen molar-refractivity contribution in [2.75, 3.05) is 32.7 Å². The highest BCUT2D eigenvalue weighted by molar-refractivity contribution is 5.86. The fraction of sp³-hybridized carbons (Fsp3) is 0.867. The van der Waals surface area contributed by atoms with Gasteiger partial charge in [-0.15, -0.1) is 0 Å². The third kappa shape index (κ3) is 3.31. The van der Waals surface area contributed by atoms with E-state index >= 15 is 0 Å². The average molecular weight is 279 g/mol. The van der Waals surface area contributed by atoms with E-state index in [1.54, 1.807) is 13.8 Å². The van der Waals surface area contributed by atoms with E-state index in [4.69, 9.17) is 0 Å². The van der Waals surface area contributed by atoms with Crippen molar-refractivity contribution < 1.29 is 9.90 Å². The van der Waals surface area contributed by atoms with Crippen LogP contribution in [-0.4, -0.2) is 59.1 Å². The Hall–Kier alpha value is -1.12. The topological polar surface area (TPSA) is 67.6 Å². The first-order valence-electron chi connectivity index (χ1n) is 7.52. The van der Waals surface area contributed by atoms with E-state index in [0.717, 1.165) is 25.9 Å². The van der Waals surface area contributed by atoms with Crippen LogP contribution < -0.4 is 0 Å². The Morgan fingerprint density at radius 2 is 1.80 bits per heavy atom. The second-order valence-corrected chi connectivity index (χ2v) is 6.78. The molecule has 0 aromatic rings. The molecular weight excluding hydrogens is 254 g/mol. The molecule has 1 saturated carbocycles. The summed E-state index contributed by atoms with van der Waals surface area (Å²) in [6.45, 7) is 7.10. The third-order valence-electron chi connectivity index (χ3n) is 4.35. The van der Waals surface area contributed by atoms with Crippen molar-refractivity contribution in [3.63, 3.8) is 0 Å². The SMILES string of the molecule is CC(C)(O)CN1CCN(C(=O)C2(C#N)CCCC2)CC1. The van der Waals surface area contributed by atoms with E-state index in [-0.39, 0.29) is 5.91 Å². The van der Waals surface area contributed by atoms with Crippen molar-refractivity contribution >= 4 is 5.91 Å². The monoisotopic (exact) mass is 279 g/mol. The molecule has 112 valence electrons. The van der Waals surface area contributed by atoms with Crippen LogP contribution in [0.3, 0.4) is 0 Å². The van der Waals surface area contributed by atoms with Crippen LogP contribution in [0.5, 0.6) is 0 Å². The second-order valence-electron chi connectivity index (χ2n) is 6.78. The molecule has 0 aromatic heterocycles. The summed E-state index contributed by atoms with van der Waals surface area (Å²) in [6.07, 6.45) is 3.40. The maximum Gasteiger partial charge on any atom is 0.243 e. The fourth-order valence-corrected chi connectivity index (χ4v) is 3.31. The molecular formula is C15H25N3O2. The first-order valence-corrected chi connectivity index (χ1v) is 7.52. The average Bonchev–Trinajstić information content (AvgIpc) is 2.87. The lowest BCUT2D eigenvalue weighted by atomic mass is 9.86. The molecule has 0 aromatic carbocycles. The number of rotatable bonds is 3. The summed E-state index contributed by atoms with van der Waals surface area (Å²) in [5, 5.41) is 19.2. The molecule has 20 heavy (non-hydrogen) atoms. The molecule has 0 atom stereocenters. The van der Waals surface area contributed by atoms with Gasteiger partial charge in [-0.1, -0.05) is 12.8 Å². The van der Waals surface area contributed by atoms with Crippen molar-refractivity contribution in [1.29, 1.82) is 5.26 Å². The van der Waals surface area contributed by atoms with Crippen molar-refractivity contribution in [2.24, 2.45) is 5.41 Å². The lowest BCUT2D eigenvalue weighted by Crippen LogP contribution is -2.54. The molecule has 1 aliphatic heterocycles. The minimum atomic E-state index is -0.752. The van der Waals surface area contributed by atoms with Crippen LogP contribution in [0.15, 0.2) is 0 Å². The zero-order valence-electron chi connectivity index (χ0n) is 12.6. The number of amides is 1. The van der Waals surface area contributed by atoms with Crippen molar-refractivity contribution in [3.8, 4) is 6.07 Å². The van der Waals surface area contributed by atoms with Crippen LogP contribution in [0, 0.1) is 16.7 Å². The van der Waals surface area contributed by atoms with E-state index < -0.39 is 11.0 Å². The van der Waals surface area contributed by atoms with Gasteiger partial charge in [0.05, 0.1) is 11.7 Å². The predicted octanol–water partition coefficient (Wildman–Crippen LogP) is 0.985. The molecule has 0 bridgehead atoms. The Labute approximate surface area is 121 Å². The molecule has 1 N–H and O–H groups in total. The van der Waals surface area contributed by atoms with Gasteiger partial charge in [0.2, 0.25) is 5.91 Å². The maximum atomic E-state index is 12.6. The van der Waals surface area contributed by atoms with Crippen molar-refractivity contribution in [2.45, 2.75) is 45.1 Å². The highest BCUT2D eigenvalue weighted by atomic mass is 16.3. The molecule has 5 nitrogen and oxygen atoms in total. The van der Waals surface area contributed by atoms with Crippen LogP contribution in [0.1, 0.15) is 39.5 Å². The number of carbonyl (C=O) groups is 1. The lowest BCUT2D eigenvalue weighted by molar-refractivity contribution is -0.141. The van der Waals surface area contributed by atoms with E-state index in [2.05, 4.69) is 11.0 Å². The normalized spacial score (nSPS) is 23.6. The number of carbonyl (C=O) groups excluding carboxylic acids is 1.